The van der Waals surface area contributed by atoms with Gasteiger partial charge in [0, 0.05) is 11.8 Å². The van der Waals surface area contributed by atoms with E-state index in [-0.39, 0.29) is 0 Å². The van der Waals surface area contributed by atoms with Gasteiger partial charge in [-0.25, -0.2) is 0 Å². The standard InChI is InChI=1S/C13H19NS/c1-10-4-5-12(11(2)8-10)13-9-15-7-3-6-14-13/h4-5,8,13-14H,3,6-7,9H2,1-2H3. The van der Waals surface area contributed by atoms with Crippen molar-refractivity contribution < 1.29 is 0 Å². The summed E-state index contributed by atoms with van der Waals surface area (Å²) in [7, 11) is 0. The van der Waals surface area contributed by atoms with Crippen molar-refractivity contribution in [2.24, 2.45) is 0 Å². The average Bonchev–Trinajstić information content (AvgIpc) is 2.46. The molecule has 0 bridgehead atoms. The lowest BCUT2D eigenvalue weighted by molar-refractivity contribution is 0.587. The van der Waals surface area contributed by atoms with Crippen molar-refractivity contribution in [1.82, 2.24) is 5.32 Å². The van der Waals surface area contributed by atoms with Gasteiger partial charge >= 0.3 is 0 Å². The first kappa shape index (κ1) is 11.0. The van der Waals surface area contributed by atoms with Crippen LogP contribution < -0.4 is 5.32 Å². The van der Waals surface area contributed by atoms with Crippen LogP contribution in [0.1, 0.15) is 29.2 Å². The third-order valence-corrected chi connectivity index (χ3v) is 4.09. The van der Waals surface area contributed by atoms with Gasteiger partial charge in [-0.15, -0.1) is 0 Å². The second-order valence-electron chi connectivity index (χ2n) is 4.30. The number of benzene rings is 1. The number of rotatable bonds is 1. The molecular weight excluding hydrogens is 202 g/mol. The number of aryl methyl sites for hydroxylation is 2. The molecule has 1 fully saturated rings. The Morgan fingerprint density at radius 2 is 2.20 bits per heavy atom. The number of hydrogen-bond acceptors (Lipinski definition) is 2. The van der Waals surface area contributed by atoms with E-state index in [0.717, 1.165) is 6.54 Å². The monoisotopic (exact) mass is 221 g/mol. The van der Waals surface area contributed by atoms with E-state index in [1.54, 1.807) is 0 Å². The Balaban J connectivity index is 2.19. The van der Waals surface area contributed by atoms with Gasteiger partial charge in [0.05, 0.1) is 0 Å². The summed E-state index contributed by atoms with van der Waals surface area (Å²) in [6, 6.07) is 7.35. The highest BCUT2D eigenvalue weighted by molar-refractivity contribution is 7.99. The van der Waals surface area contributed by atoms with E-state index < -0.39 is 0 Å². The molecule has 0 aliphatic carbocycles. The van der Waals surface area contributed by atoms with E-state index in [1.165, 1.54) is 34.6 Å². The molecule has 1 saturated heterocycles. The predicted molar refractivity (Wildman–Crippen MR) is 68.6 cm³/mol. The van der Waals surface area contributed by atoms with Crippen molar-refractivity contribution >= 4 is 11.8 Å². The Morgan fingerprint density at radius 3 is 3.00 bits per heavy atom. The molecule has 1 nitrogen and oxygen atoms in total. The minimum atomic E-state index is 0.554. The number of nitrogens with one attached hydrogen (secondary N) is 1. The molecule has 1 atom stereocenters. The molecule has 0 radical (unpaired) electrons. The van der Waals surface area contributed by atoms with E-state index in [4.69, 9.17) is 0 Å². The summed E-state index contributed by atoms with van der Waals surface area (Å²) in [5.41, 5.74) is 4.27. The van der Waals surface area contributed by atoms with Gasteiger partial charge < -0.3 is 5.32 Å². The molecule has 0 amide bonds. The second kappa shape index (κ2) is 5.04. The zero-order valence-electron chi connectivity index (χ0n) is 9.55. The topological polar surface area (TPSA) is 12.0 Å². The van der Waals surface area contributed by atoms with E-state index in [0.29, 0.717) is 6.04 Å². The highest BCUT2D eigenvalue weighted by atomic mass is 32.2. The third-order valence-electron chi connectivity index (χ3n) is 2.94. The summed E-state index contributed by atoms with van der Waals surface area (Å²) in [6.07, 6.45) is 1.30. The van der Waals surface area contributed by atoms with Crippen LogP contribution in [0, 0.1) is 13.8 Å². The molecule has 0 saturated carbocycles. The van der Waals surface area contributed by atoms with Gasteiger partial charge in [0.2, 0.25) is 0 Å². The molecule has 1 aliphatic heterocycles. The Labute approximate surface area is 96.7 Å². The fraction of sp³-hybridized carbons (Fsp3) is 0.538. The molecule has 1 unspecified atom stereocenters. The molecule has 82 valence electrons. The van der Waals surface area contributed by atoms with Gasteiger partial charge in [-0.1, -0.05) is 23.8 Å². The molecule has 1 aliphatic rings. The molecule has 1 aromatic carbocycles. The summed E-state index contributed by atoms with van der Waals surface area (Å²) in [4.78, 5) is 0. The van der Waals surface area contributed by atoms with Crippen LogP contribution in [0.3, 0.4) is 0 Å². The summed E-state index contributed by atoms with van der Waals surface area (Å²) < 4.78 is 0. The summed E-state index contributed by atoms with van der Waals surface area (Å²) in [6.45, 7) is 5.54. The van der Waals surface area contributed by atoms with Gasteiger partial charge in [0.1, 0.15) is 0 Å². The van der Waals surface area contributed by atoms with Crippen molar-refractivity contribution in [3.8, 4) is 0 Å². The largest absolute Gasteiger partial charge is 0.309 e. The van der Waals surface area contributed by atoms with Gasteiger partial charge in [-0.3, -0.25) is 0 Å². The lowest BCUT2D eigenvalue weighted by Crippen LogP contribution is -2.23. The molecule has 1 heterocycles. The van der Waals surface area contributed by atoms with E-state index >= 15 is 0 Å². The molecule has 0 spiro atoms. The number of hydrogen-bond donors (Lipinski definition) is 1. The summed E-state index contributed by atoms with van der Waals surface area (Å²) in [5, 5.41) is 3.64. The van der Waals surface area contributed by atoms with E-state index in [9.17, 15) is 0 Å². The van der Waals surface area contributed by atoms with Gasteiger partial charge in [0.15, 0.2) is 0 Å². The Kier molecular flexibility index (Phi) is 3.71. The molecular formula is C13H19NS. The maximum absolute atomic E-state index is 3.64. The second-order valence-corrected chi connectivity index (χ2v) is 5.45. The van der Waals surface area contributed by atoms with Gasteiger partial charge in [-0.05, 0) is 43.7 Å². The van der Waals surface area contributed by atoms with Crippen molar-refractivity contribution in [1.29, 1.82) is 0 Å². The van der Waals surface area contributed by atoms with Crippen LogP contribution in [0.5, 0.6) is 0 Å². The fourth-order valence-corrected chi connectivity index (χ4v) is 3.18. The third kappa shape index (κ3) is 2.76. The lowest BCUT2D eigenvalue weighted by Gasteiger charge is -2.18. The average molecular weight is 221 g/mol. The molecule has 1 aromatic rings. The van der Waals surface area contributed by atoms with Crippen molar-refractivity contribution in [2.45, 2.75) is 26.3 Å². The zero-order chi connectivity index (χ0) is 10.7. The lowest BCUT2D eigenvalue weighted by atomic mass is 10.0. The van der Waals surface area contributed by atoms with Gasteiger partial charge in [-0.2, -0.15) is 11.8 Å². The molecule has 2 rings (SSSR count). The molecule has 1 N–H and O–H groups in total. The van der Waals surface area contributed by atoms with Crippen LogP contribution in [0.2, 0.25) is 0 Å². The van der Waals surface area contributed by atoms with Crippen LogP contribution >= 0.6 is 11.8 Å². The highest BCUT2D eigenvalue weighted by Crippen LogP contribution is 2.24. The first-order valence-corrected chi connectivity index (χ1v) is 6.81. The molecule has 15 heavy (non-hydrogen) atoms. The van der Waals surface area contributed by atoms with Crippen molar-refractivity contribution in [3.05, 3.63) is 34.9 Å². The zero-order valence-corrected chi connectivity index (χ0v) is 10.4. The minimum Gasteiger partial charge on any atom is -0.309 e. The number of thioether (sulfide) groups is 1. The van der Waals surface area contributed by atoms with Crippen molar-refractivity contribution in [3.63, 3.8) is 0 Å². The normalized spacial score (nSPS) is 22.4. The Hall–Kier alpha value is -0.470. The highest BCUT2D eigenvalue weighted by Gasteiger charge is 2.15. The Morgan fingerprint density at radius 1 is 1.33 bits per heavy atom. The summed E-state index contributed by atoms with van der Waals surface area (Å²) in [5.74, 6) is 2.51. The van der Waals surface area contributed by atoms with E-state index in [2.05, 4.69) is 49.1 Å². The van der Waals surface area contributed by atoms with Crippen LogP contribution in [-0.2, 0) is 0 Å². The first-order valence-electron chi connectivity index (χ1n) is 5.65. The summed E-state index contributed by atoms with van der Waals surface area (Å²) >= 11 is 2.07. The van der Waals surface area contributed by atoms with Crippen LogP contribution in [-0.4, -0.2) is 18.1 Å². The SMILES string of the molecule is Cc1ccc(C2CSCCCN2)c(C)c1. The van der Waals surface area contributed by atoms with Gasteiger partial charge in [0.25, 0.3) is 0 Å². The van der Waals surface area contributed by atoms with Crippen molar-refractivity contribution in [2.75, 3.05) is 18.1 Å². The Bertz CT molecular complexity index is 327. The first-order chi connectivity index (χ1) is 7.27. The smallest absolute Gasteiger partial charge is 0.0414 e. The van der Waals surface area contributed by atoms with Crippen LogP contribution in [0.25, 0.3) is 0 Å². The van der Waals surface area contributed by atoms with Crippen LogP contribution in [0.15, 0.2) is 18.2 Å². The maximum Gasteiger partial charge on any atom is 0.0414 e. The molecule has 2 heteroatoms. The molecule has 0 aromatic heterocycles. The quantitative estimate of drug-likeness (QED) is 0.782. The fourth-order valence-electron chi connectivity index (χ4n) is 2.13. The van der Waals surface area contributed by atoms with E-state index in [1.807, 2.05) is 0 Å². The minimum absolute atomic E-state index is 0.554. The predicted octanol–water partition coefficient (Wildman–Crippen LogP) is 3.07. The van der Waals surface area contributed by atoms with Crippen LogP contribution in [0.4, 0.5) is 0 Å². The maximum atomic E-state index is 3.64.